The Morgan fingerprint density at radius 1 is 1.50 bits per heavy atom. The lowest BCUT2D eigenvalue weighted by atomic mass is 10.3. The van der Waals surface area contributed by atoms with Crippen LogP contribution in [0.2, 0.25) is 5.02 Å². The molecule has 0 amide bonds. The summed E-state index contributed by atoms with van der Waals surface area (Å²) in [6, 6.07) is 1.88. The van der Waals surface area contributed by atoms with Gasteiger partial charge in [-0.25, -0.2) is 8.42 Å². The lowest BCUT2D eigenvalue weighted by Crippen LogP contribution is -2.39. The van der Waals surface area contributed by atoms with Crippen molar-refractivity contribution in [1.82, 2.24) is 4.72 Å². The van der Waals surface area contributed by atoms with E-state index in [2.05, 4.69) is 4.74 Å². The lowest BCUT2D eigenvalue weighted by Gasteiger charge is -2.12. The number of carbonyl (C=O) groups is 1. The molecule has 0 saturated carbocycles. The van der Waals surface area contributed by atoms with Crippen LogP contribution in [-0.4, -0.2) is 32.5 Å². The largest absolute Gasteiger partial charge is 0.468 e. The highest BCUT2D eigenvalue weighted by atomic mass is 35.5. The summed E-state index contributed by atoms with van der Waals surface area (Å²) in [4.78, 5) is 20.7. The van der Waals surface area contributed by atoms with Crippen LogP contribution in [0.4, 0.5) is 5.69 Å². The topological polar surface area (TPSA) is 116 Å². The molecule has 10 heteroatoms. The molecule has 0 spiro atoms. The highest BCUT2D eigenvalue weighted by Gasteiger charge is 2.25. The van der Waals surface area contributed by atoms with Crippen LogP contribution in [0.1, 0.15) is 6.92 Å². The predicted molar refractivity (Wildman–Crippen MR) is 69.9 cm³/mol. The molecule has 1 aromatic carbocycles. The van der Waals surface area contributed by atoms with Crippen molar-refractivity contribution in [3.05, 3.63) is 33.3 Å². The number of sulfonamides is 1. The van der Waals surface area contributed by atoms with Crippen LogP contribution >= 0.6 is 11.6 Å². The Morgan fingerprint density at radius 2 is 2.10 bits per heavy atom. The van der Waals surface area contributed by atoms with Crippen LogP contribution in [0.3, 0.4) is 0 Å². The molecule has 20 heavy (non-hydrogen) atoms. The number of carbonyl (C=O) groups excluding carboxylic acids is 1. The zero-order valence-electron chi connectivity index (χ0n) is 10.5. The van der Waals surface area contributed by atoms with Crippen molar-refractivity contribution in [2.45, 2.75) is 17.9 Å². The molecule has 1 unspecified atom stereocenters. The van der Waals surface area contributed by atoms with Gasteiger partial charge in [0, 0.05) is 6.07 Å². The Hall–Kier alpha value is -1.71. The molecule has 0 fully saturated rings. The SMILES string of the molecule is COC(=O)C(C)NS(=O)(=O)c1ccc(Cl)c([N+](=O)[O-])c1. The summed E-state index contributed by atoms with van der Waals surface area (Å²) in [5.74, 6) is -0.781. The van der Waals surface area contributed by atoms with Gasteiger partial charge in [-0.1, -0.05) is 11.6 Å². The lowest BCUT2D eigenvalue weighted by molar-refractivity contribution is -0.384. The molecule has 0 saturated heterocycles. The minimum Gasteiger partial charge on any atom is -0.468 e. The first-order valence-electron chi connectivity index (χ1n) is 5.23. The van der Waals surface area contributed by atoms with Crippen molar-refractivity contribution < 1.29 is 22.9 Å². The van der Waals surface area contributed by atoms with E-state index < -0.39 is 32.6 Å². The molecule has 0 bridgehead atoms. The molecule has 1 N–H and O–H groups in total. The van der Waals surface area contributed by atoms with Gasteiger partial charge in [0.2, 0.25) is 10.0 Å². The predicted octanol–water partition coefficient (Wildman–Crippen LogP) is 1.09. The van der Waals surface area contributed by atoms with Crippen molar-refractivity contribution >= 4 is 33.3 Å². The number of benzene rings is 1. The number of esters is 1. The Morgan fingerprint density at radius 3 is 2.60 bits per heavy atom. The van der Waals surface area contributed by atoms with Gasteiger partial charge < -0.3 is 4.74 Å². The fourth-order valence-electron chi connectivity index (χ4n) is 1.33. The molecule has 0 aliphatic carbocycles. The molecule has 0 aromatic heterocycles. The average Bonchev–Trinajstić information content (AvgIpc) is 2.36. The maximum absolute atomic E-state index is 12.0. The molecule has 1 atom stereocenters. The van der Waals surface area contributed by atoms with Gasteiger partial charge in [-0.15, -0.1) is 0 Å². The van der Waals surface area contributed by atoms with Gasteiger partial charge in [-0.3, -0.25) is 14.9 Å². The van der Waals surface area contributed by atoms with Gasteiger partial charge in [0.25, 0.3) is 5.69 Å². The molecule has 1 rings (SSSR count). The minimum atomic E-state index is -4.10. The molecule has 1 aromatic rings. The fourth-order valence-corrected chi connectivity index (χ4v) is 2.72. The molecule has 110 valence electrons. The van der Waals surface area contributed by atoms with E-state index in [0.717, 1.165) is 25.3 Å². The summed E-state index contributed by atoms with van der Waals surface area (Å²) in [5.41, 5.74) is -0.541. The third-order valence-corrected chi connectivity index (χ3v) is 4.17. The van der Waals surface area contributed by atoms with E-state index >= 15 is 0 Å². The number of hydrogen-bond acceptors (Lipinski definition) is 6. The van der Waals surface area contributed by atoms with Crippen molar-refractivity contribution in [2.75, 3.05) is 7.11 Å². The van der Waals surface area contributed by atoms with Gasteiger partial charge >= 0.3 is 5.97 Å². The molecular weight excluding hydrogens is 312 g/mol. The number of nitro benzene ring substituents is 1. The zero-order chi connectivity index (χ0) is 15.5. The van der Waals surface area contributed by atoms with Crippen LogP contribution in [0.25, 0.3) is 0 Å². The second-order valence-corrected chi connectivity index (χ2v) is 5.86. The molecule has 0 aliphatic rings. The average molecular weight is 323 g/mol. The Labute approximate surface area is 119 Å². The Kier molecular flexibility index (Phi) is 5.03. The van der Waals surface area contributed by atoms with Crippen molar-refractivity contribution in [1.29, 1.82) is 0 Å². The zero-order valence-corrected chi connectivity index (χ0v) is 12.1. The summed E-state index contributed by atoms with van der Waals surface area (Å²) in [7, 11) is -2.99. The quantitative estimate of drug-likeness (QED) is 0.493. The number of hydrogen-bond donors (Lipinski definition) is 1. The first kappa shape index (κ1) is 16.3. The molecule has 0 aliphatic heterocycles. The van der Waals surface area contributed by atoms with E-state index in [1.165, 1.54) is 6.92 Å². The van der Waals surface area contributed by atoms with Gasteiger partial charge in [-0.2, -0.15) is 4.72 Å². The molecule has 8 nitrogen and oxygen atoms in total. The van der Waals surface area contributed by atoms with E-state index in [0.29, 0.717) is 0 Å². The molecular formula is C10H11ClN2O6S. The highest BCUT2D eigenvalue weighted by Crippen LogP contribution is 2.27. The second-order valence-electron chi connectivity index (χ2n) is 3.74. The number of nitrogens with one attached hydrogen (secondary N) is 1. The number of nitrogens with zero attached hydrogens (tertiary/aromatic N) is 1. The normalized spacial score (nSPS) is 12.8. The number of rotatable bonds is 5. The first-order chi connectivity index (χ1) is 9.19. The third kappa shape index (κ3) is 3.65. The van der Waals surface area contributed by atoms with E-state index in [1.54, 1.807) is 0 Å². The standard InChI is InChI=1S/C10H11ClN2O6S/c1-6(10(14)19-2)12-20(17,18)7-3-4-8(11)9(5-7)13(15)16/h3-6,12H,1-2H3. The summed E-state index contributed by atoms with van der Waals surface area (Å²) in [6.07, 6.45) is 0. The second kappa shape index (κ2) is 6.16. The van der Waals surface area contributed by atoms with Gasteiger partial charge in [0.05, 0.1) is 16.9 Å². The minimum absolute atomic E-state index is 0.185. The van der Waals surface area contributed by atoms with Crippen LogP contribution in [0, 0.1) is 10.1 Å². The van der Waals surface area contributed by atoms with E-state index in [1.807, 2.05) is 4.72 Å². The first-order valence-corrected chi connectivity index (χ1v) is 7.09. The van der Waals surface area contributed by atoms with E-state index in [9.17, 15) is 23.3 Å². The summed E-state index contributed by atoms with van der Waals surface area (Å²) < 4.78 is 30.3. The van der Waals surface area contributed by atoms with Gasteiger partial charge in [-0.05, 0) is 19.1 Å². The van der Waals surface area contributed by atoms with Crippen molar-refractivity contribution in [3.8, 4) is 0 Å². The van der Waals surface area contributed by atoms with Crippen LogP contribution in [0.15, 0.2) is 23.1 Å². The van der Waals surface area contributed by atoms with Crippen LogP contribution in [0.5, 0.6) is 0 Å². The summed E-state index contributed by atoms with van der Waals surface area (Å²) >= 11 is 5.59. The number of nitro groups is 1. The highest BCUT2D eigenvalue weighted by molar-refractivity contribution is 7.89. The van der Waals surface area contributed by atoms with Gasteiger partial charge in [0.1, 0.15) is 11.1 Å². The maximum Gasteiger partial charge on any atom is 0.323 e. The monoisotopic (exact) mass is 322 g/mol. The van der Waals surface area contributed by atoms with Crippen molar-refractivity contribution in [2.24, 2.45) is 0 Å². The molecule has 0 radical (unpaired) electrons. The number of methoxy groups -OCH3 is 1. The molecule has 0 heterocycles. The Balaban J connectivity index is 3.13. The van der Waals surface area contributed by atoms with Gasteiger partial charge in [0.15, 0.2) is 0 Å². The fraction of sp³-hybridized carbons (Fsp3) is 0.300. The Bertz CT molecular complexity index is 645. The van der Waals surface area contributed by atoms with E-state index in [-0.39, 0.29) is 9.92 Å². The smallest absolute Gasteiger partial charge is 0.323 e. The van der Waals surface area contributed by atoms with Crippen molar-refractivity contribution in [3.63, 3.8) is 0 Å². The maximum atomic E-state index is 12.0. The third-order valence-electron chi connectivity index (χ3n) is 2.31. The summed E-state index contributed by atoms with van der Waals surface area (Å²) in [6.45, 7) is 1.29. The number of halogens is 1. The van der Waals surface area contributed by atoms with Crippen LogP contribution in [-0.2, 0) is 19.6 Å². The number of ether oxygens (including phenoxy) is 1. The summed E-state index contributed by atoms with van der Waals surface area (Å²) in [5, 5.41) is 10.5. The van der Waals surface area contributed by atoms with E-state index in [4.69, 9.17) is 11.6 Å². The van der Waals surface area contributed by atoms with Crippen LogP contribution < -0.4 is 4.72 Å².